The summed E-state index contributed by atoms with van der Waals surface area (Å²) >= 11 is 0. The molecule has 0 amide bonds. The van der Waals surface area contributed by atoms with Crippen molar-refractivity contribution in [1.29, 1.82) is 0 Å². The van der Waals surface area contributed by atoms with Gasteiger partial charge in [-0.3, -0.25) is 0 Å². The van der Waals surface area contributed by atoms with Crippen molar-refractivity contribution in [2.24, 2.45) is 0 Å². The number of anilines is 1. The minimum absolute atomic E-state index is 0.332. The van der Waals surface area contributed by atoms with Gasteiger partial charge in [-0.15, -0.1) is 0 Å². The fourth-order valence-electron chi connectivity index (χ4n) is 2.18. The Bertz CT molecular complexity index is 431. The van der Waals surface area contributed by atoms with Crippen LogP contribution in [0.3, 0.4) is 0 Å². The first-order valence-electron chi connectivity index (χ1n) is 5.78. The van der Waals surface area contributed by atoms with Crippen LogP contribution in [-0.2, 0) is 4.74 Å². The molecule has 0 aromatic heterocycles. The van der Waals surface area contributed by atoms with Gasteiger partial charge >= 0.3 is 5.97 Å². The SMILES string of the molecule is Cc1cc(N2CCOCC2C)ccc1C(=O)O. The predicted octanol–water partition coefficient (Wildman–Crippen LogP) is 1.92. The third kappa shape index (κ3) is 2.42. The number of carboxylic acid groups (broad SMARTS) is 1. The molecule has 17 heavy (non-hydrogen) atoms. The summed E-state index contributed by atoms with van der Waals surface area (Å²) in [6.07, 6.45) is 0. The molecule has 1 unspecified atom stereocenters. The van der Waals surface area contributed by atoms with Crippen molar-refractivity contribution < 1.29 is 14.6 Å². The van der Waals surface area contributed by atoms with Gasteiger partial charge in [0.25, 0.3) is 0 Å². The molecule has 1 aliphatic rings. The number of nitrogens with zero attached hydrogens (tertiary/aromatic N) is 1. The lowest BCUT2D eigenvalue weighted by molar-refractivity contribution is 0.0696. The molecule has 1 heterocycles. The summed E-state index contributed by atoms with van der Waals surface area (Å²) in [5.41, 5.74) is 2.24. The standard InChI is InChI=1S/C13H17NO3/c1-9-7-11(3-4-12(9)13(15)16)14-5-6-17-8-10(14)2/h3-4,7,10H,5-6,8H2,1-2H3,(H,15,16). The lowest BCUT2D eigenvalue weighted by Gasteiger charge is -2.35. The van der Waals surface area contributed by atoms with E-state index in [0.29, 0.717) is 11.6 Å². The molecule has 1 aliphatic heterocycles. The maximum absolute atomic E-state index is 10.9. The summed E-state index contributed by atoms with van der Waals surface area (Å²) in [7, 11) is 0. The Morgan fingerprint density at radius 2 is 2.29 bits per heavy atom. The van der Waals surface area contributed by atoms with Crippen LogP contribution in [0, 0.1) is 6.92 Å². The molecule has 0 aliphatic carbocycles. The van der Waals surface area contributed by atoms with Crippen molar-refractivity contribution in [2.45, 2.75) is 19.9 Å². The Balaban J connectivity index is 2.27. The van der Waals surface area contributed by atoms with E-state index in [0.717, 1.165) is 31.0 Å². The van der Waals surface area contributed by atoms with Crippen LogP contribution in [0.4, 0.5) is 5.69 Å². The van der Waals surface area contributed by atoms with Crippen molar-refractivity contribution in [1.82, 2.24) is 0 Å². The molecule has 1 aromatic rings. The maximum atomic E-state index is 10.9. The number of aryl methyl sites for hydroxylation is 1. The number of carbonyl (C=O) groups is 1. The number of rotatable bonds is 2. The van der Waals surface area contributed by atoms with E-state index >= 15 is 0 Å². The van der Waals surface area contributed by atoms with Gasteiger partial charge in [-0.1, -0.05) is 0 Å². The van der Waals surface area contributed by atoms with Gasteiger partial charge < -0.3 is 14.7 Å². The molecule has 0 bridgehead atoms. The van der Waals surface area contributed by atoms with Crippen molar-refractivity contribution >= 4 is 11.7 Å². The Hall–Kier alpha value is -1.55. The summed E-state index contributed by atoms with van der Waals surface area (Å²) in [6, 6.07) is 5.82. The fraction of sp³-hybridized carbons (Fsp3) is 0.462. The van der Waals surface area contributed by atoms with Gasteiger partial charge in [0.05, 0.1) is 18.8 Å². The smallest absolute Gasteiger partial charge is 0.335 e. The van der Waals surface area contributed by atoms with E-state index in [1.54, 1.807) is 6.07 Å². The minimum Gasteiger partial charge on any atom is -0.478 e. The first kappa shape index (κ1) is 11.9. The van der Waals surface area contributed by atoms with Gasteiger partial charge in [-0.2, -0.15) is 0 Å². The van der Waals surface area contributed by atoms with E-state index < -0.39 is 5.97 Å². The Morgan fingerprint density at radius 1 is 1.53 bits per heavy atom. The second kappa shape index (κ2) is 4.75. The summed E-state index contributed by atoms with van der Waals surface area (Å²) in [5, 5.41) is 8.99. The molecule has 1 aromatic carbocycles. The van der Waals surface area contributed by atoms with Crippen LogP contribution >= 0.6 is 0 Å². The highest BCUT2D eigenvalue weighted by Crippen LogP contribution is 2.22. The molecule has 4 nitrogen and oxygen atoms in total. The number of hydrogen-bond donors (Lipinski definition) is 1. The highest BCUT2D eigenvalue weighted by atomic mass is 16.5. The lowest BCUT2D eigenvalue weighted by Crippen LogP contribution is -2.43. The number of morpholine rings is 1. The van der Waals surface area contributed by atoms with Crippen LogP contribution in [0.5, 0.6) is 0 Å². The molecule has 0 radical (unpaired) electrons. The number of aromatic carboxylic acids is 1. The molecule has 0 spiro atoms. The third-order valence-corrected chi connectivity index (χ3v) is 3.14. The maximum Gasteiger partial charge on any atom is 0.335 e. The van der Waals surface area contributed by atoms with Gasteiger partial charge in [0.1, 0.15) is 0 Å². The van der Waals surface area contributed by atoms with Gasteiger partial charge in [0, 0.05) is 18.3 Å². The minimum atomic E-state index is -0.871. The average Bonchev–Trinajstić information content (AvgIpc) is 2.29. The quantitative estimate of drug-likeness (QED) is 0.850. The molecule has 1 fully saturated rings. The molecular weight excluding hydrogens is 218 g/mol. The largest absolute Gasteiger partial charge is 0.478 e. The normalized spacial score (nSPS) is 20.4. The molecular formula is C13H17NO3. The number of ether oxygens (including phenoxy) is 1. The summed E-state index contributed by atoms with van der Waals surface area (Å²) in [6.45, 7) is 6.24. The second-order valence-electron chi connectivity index (χ2n) is 4.42. The summed E-state index contributed by atoms with van der Waals surface area (Å²) in [5.74, 6) is -0.871. The first-order valence-corrected chi connectivity index (χ1v) is 5.78. The van der Waals surface area contributed by atoms with Gasteiger partial charge in [-0.25, -0.2) is 4.79 Å². The molecule has 4 heteroatoms. The summed E-state index contributed by atoms with van der Waals surface area (Å²) in [4.78, 5) is 13.2. The zero-order valence-electron chi connectivity index (χ0n) is 10.1. The number of hydrogen-bond acceptors (Lipinski definition) is 3. The molecule has 1 saturated heterocycles. The Labute approximate surface area is 101 Å². The zero-order valence-corrected chi connectivity index (χ0v) is 10.1. The molecule has 1 N–H and O–H groups in total. The van der Waals surface area contributed by atoms with Crippen LogP contribution in [0.15, 0.2) is 18.2 Å². The summed E-state index contributed by atoms with van der Waals surface area (Å²) < 4.78 is 5.39. The van der Waals surface area contributed by atoms with E-state index in [1.165, 1.54) is 0 Å². The van der Waals surface area contributed by atoms with E-state index in [-0.39, 0.29) is 0 Å². The van der Waals surface area contributed by atoms with Crippen LogP contribution in [0.25, 0.3) is 0 Å². The average molecular weight is 235 g/mol. The van der Waals surface area contributed by atoms with Gasteiger partial charge in [-0.05, 0) is 37.6 Å². The van der Waals surface area contributed by atoms with E-state index in [9.17, 15) is 4.79 Å². The monoisotopic (exact) mass is 235 g/mol. The van der Waals surface area contributed by atoms with Gasteiger partial charge in [0.15, 0.2) is 0 Å². The van der Waals surface area contributed by atoms with Gasteiger partial charge in [0.2, 0.25) is 0 Å². The van der Waals surface area contributed by atoms with Crippen LogP contribution in [0.1, 0.15) is 22.8 Å². The van der Waals surface area contributed by atoms with E-state index in [1.807, 2.05) is 19.1 Å². The molecule has 92 valence electrons. The topological polar surface area (TPSA) is 49.8 Å². The Morgan fingerprint density at radius 3 is 2.88 bits per heavy atom. The fourth-order valence-corrected chi connectivity index (χ4v) is 2.18. The van der Waals surface area contributed by atoms with E-state index in [2.05, 4.69) is 11.8 Å². The second-order valence-corrected chi connectivity index (χ2v) is 4.42. The predicted molar refractivity (Wildman–Crippen MR) is 65.8 cm³/mol. The molecule has 0 saturated carbocycles. The number of benzene rings is 1. The van der Waals surface area contributed by atoms with Crippen molar-refractivity contribution in [3.05, 3.63) is 29.3 Å². The van der Waals surface area contributed by atoms with Crippen molar-refractivity contribution in [2.75, 3.05) is 24.7 Å². The highest BCUT2D eigenvalue weighted by Gasteiger charge is 2.20. The lowest BCUT2D eigenvalue weighted by atomic mass is 10.1. The van der Waals surface area contributed by atoms with Crippen LogP contribution in [0.2, 0.25) is 0 Å². The van der Waals surface area contributed by atoms with E-state index in [4.69, 9.17) is 9.84 Å². The molecule has 2 rings (SSSR count). The zero-order chi connectivity index (χ0) is 12.4. The first-order chi connectivity index (χ1) is 8.09. The van der Waals surface area contributed by atoms with Crippen LogP contribution in [-0.4, -0.2) is 36.9 Å². The third-order valence-electron chi connectivity index (χ3n) is 3.14. The van der Waals surface area contributed by atoms with Crippen molar-refractivity contribution in [3.63, 3.8) is 0 Å². The van der Waals surface area contributed by atoms with Crippen LogP contribution < -0.4 is 4.90 Å². The highest BCUT2D eigenvalue weighted by molar-refractivity contribution is 5.89. The Kier molecular flexibility index (Phi) is 3.33. The number of carboxylic acids is 1. The van der Waals surface area contributed by atoms with Crippen molar-refractivity contribution in [3.8, 4) is 0 Å². The molecule has 1 atom stereocenters.